The van der Waals surface area contributed by atoms with Gasteiger partial charge in [-0.2, -0.15) is 0 Å². The normalized spacial score (nSPS) is 14.4. The third-order valence-electron chi connectivity index (χ3n) is 5.07. The van der Waals surface area contributed by atoms with Gasteiger partial charge in [0.05, 0.1) is 11.1 Å². The van der Waals surface area contributed by atoms with Crippen molar-refractivity contribution in [3.8, 4) is 22.3 Å². The maximum Gasteiger partial charge on any atom is 0.201 e. The van der Waals surface area contributed by atoms with Crippen LogP contribution in [0.5, 0.6) is 0 Å². The van der Waals surface area contributed by atoms with E-state index in [0.29, 0.717) is 0 Å². The van der Waals surface area contributed by atoms with Gasteiger partial charge in [-0.05, 0) is 35.1 Å². The molecule has 0 aliphatic heterocycles. The van der Waals surface area contributed by atoms with E-state index in [2.05, 4.69) is 12.1 Å². The van der Waals surface area contributed by atoms with Crippen molar-refractivity contribution in [2.45, 2.75) is 25.7 Å². The van der Waals surface area contributed by atoms with Gasteiger partial charge in [0, 0.05) is 12.8 Å². The minimum atomic E-state index is 0.139. The Bertz CT molecular complexity index is 918. The smallest absolute Gasteiger partial charge is 0.201 e. The van der Waals surface area contributed by atoms with Crippen molar-refractivity contribution in [2.24, 2.45) is 0 Å². The molecule has 23 heavy (non-hydrogen) atoms. The summed E-state index contributed by atoms with van der Waals surface area (Å²) in [6.07, 6.45) is 3.52. The van der Waals surface area contributed by atoms with E-state index < -0.39 is 0 Å². The van der Waals surface area contributed by atoms with Crippen molar-refractivity contribution in [3.05, 3.63) is 81.4 Å². The summed E-state index contributed by atoms with van der Waals surface area (Å²) >= 11 is 0. The van der Waals surface area contributed by atoms with Crippen LogP contribution in [0.25, 0.3) is 22.3 Å². The second-order valence-electron chi connectivity index (χ2n) is 6.34. The van der Waals surface area contributed by atoms with Crippen molar-refractivity contribution in [2.75, 3.05) is 0 Å². The van der Waals surface area contributed by atoms with Crippen LogP contribution in [0.15, 0.2) is 57.7 Å². The lowest BCUT2D eigenvalue weighted by Crippen LogP contribution is -2.21. The number of rotatable bonds is 0. The Morgan fingerprint density at radius 1 is 0.652 bits per heavy atom. The molecule has 0 spiro atoms. The van der Waals surface area contributed by atoms with E-state index in [-0.39, 0.29) is 5.43 Å². The van der Waals surface area contributed by atoms with Gasteiger partial charge in [-0.3, -0.25) is 4.79 Å². The molecule has 2 nitrogen and oxygen atoms in total. The van der Waals surface area contributed by atoms with Gasteiger partial charge in [-0.1, -0.05) is 48.5 Å². The summed E-state index contributed by atoms with van der Waals surface area (Å²) in [7, 11) is 0. The summed E-state index contributed by atoms with van der Waals surface area (Å²) in [4.78, 5) is 13.3. The molecular formula is C21H16O2. The van der Waals surface area contributed by atoms with E-state index in [0.717, 1.165) is 59.5 Å². The van der Waals surface area contributed by atoms with Gasteiger partial charge in [0.15, 0.2) is 0 Å². The third-order valence-corrected chi connectivity index (χ3v) is 5.07. The van der Waals surface area contributed by atoms with E-state index in [9.17, 15) is 4.79 Å². The van der Waals surface area contributed by atoms with Gasteiger partial charge in [0.25, 0.3) is 0 Å². The van der Waals surface area contributed by atoms with Gasteiger partial charge in [0.2, 0.25) is 5.43 Å². The summed E-state index contributed by atoms with van der Waals surface area (Å²) in [5, 5.41) is 0. The number of aryl methyl sites for hydroxylation is 4. The van der Waals surface area contributed by atoms with E-state index >= 15 is 0 Å². The fourth-order valence-electron chi connectivity index (χ4n) is 3.99. The summed E-state index contributed by atoms with van der Waals surface area (Å²) < 4.78 is 6.22. The van der Waals surface area contributed by atoms with Gasteiger partial charge in [0.1, 0.15) is 11.5 Å². The summed E-state index contributed by atoms with van der Waals surface area (Å²) in [5.74, 6) is 1.73. The highest BCUT2D eigenvalue weighted by Gasteiger charge is 2.28. The van der Waals surface area contributed by atoms with E-state index in [1.807, 2.05) is 36.4 Å². The predicted molar refractivity (Wildman–Crippen MR) is 90.7 cm³/mol. The lowest BCUT2D eigenvalue weighted by Gasteiger charge is -2.23. The molecule has 2 aromatic carbocycles. The molecule has 0 radical (unpaired) electrons. The summed E-state index contributed by atoms with van der Waals surface area (Å²) in [6, 6.07) is 16.4. The predicted octanol–water partition coefficient (Wildman–Crippen LogP) is 4.17. The fraction of sp³-hybridized carbons (Fsp3) is 0.190. The number of benzene rings is 2. The zero-order chi connectivity index (χ0) is 15.4. The van der Waals surface area contributed by atoms with Crippen LogP contribution in [0.3, 0.4) is 0 Å². The molecule has 5 rings (SSSR count). The molecule has 1 aromatic heterocycles. The first-order chi connectivity index (χ1) is 11.3. The minimum Gasteiger partial charge on any atom is -0.464 e. The SMILES string of the molecule is O=c1c2c(oc3c1-c1ccccc1CC3)CCc1ccccc1-2. The van der Waals surface area contributed by atoms with Crippen molar-refractivity contribution < 1.29 is 4.42 Å². The molecule has 0 N–H and O–H groups in total. The lowest BCUT2D eigenvalue weighted by atomic mass is 9.84. The fourth-order valence-corrected chi connectivity index (χ4v) is 3.99. The van der Waals surface area contributed by atoms with E-state index in [1.165, 1.54) is 11.1 Å². The maximum absolute atomic E-state index is 13.3. The van der Waals surface area contributed by atoms with Crippen LogP contribution < -0.4 is 5.43 Å². The highest BCUT2D eigenvalue weighted by atomic mass is 16.3. The molecule has 2 aliphatic carbocycles. The lowest BCUT2D eigenvalue weighted by molar-refractivity contribution is 0.443. The second kappa shape index (κ2) is 4.69. The molecule has 0 fully saturated rings. The first-order valence-electron chi connectivity index (χ1n) is 8.18. The topological polar surface area (TPSA) is 30.2 Å². The molecule has 0 saturated carbocycles. The first-order valence-corrected chi connectivity index (χ1v) is 8.18. The number of fused-ring (bicyclic) bond motifs is 6. The molecule has 0 unspecified atom stereocenters. The van der Waals surface area contributed by atoms with Crippen LogP contribution in [0.1, 0.15) is 22.6 Å². The average Bonchev–Trinajstić information content (AvgIpc) is 2.61. The molecule has 0 amide bonds. The van der Waals surface area contributed by atoms with E-state index in [4.69, 9.17) is 4.42 Å². The van der Waals surface area contributed by atoms with Crippen LogP contribution in [-0.4, -0.2) is 0 Å². The highest BCUT2D eigenvalue weighted by molar-refractivity contribution is 5.79. The van der Waals surface area contributed by atoms with Gasteiger partial charge in [-0.15, -0.1) is 0 Å². The van der Waals surface area contributed by atoms with Crippen molar-refractivity contribution >= 4 is 0 Å². The average molecular weight is 300 g/mol. The molecule has 112 valence electrons. The molecule has 2 heteroatoms. The van der Waals surface area contributed by atoms with Crippen molar-refractivity contribution in [3.63, 3.8) is 0 Å². The monoisotopic (exact) mass is 300 g/mol. The molecule has 0 bridgehead atoms. The van der Waals surface area contributed by atoms with E-state index in [1.54, 1.807) is 0 Å². The first kappa shape index (κ1) is 12.9. The number of hydrogen-bond acceptors (Lipinski definition) is 2. The third kappa shape index (κ3) is 1.78. The van der Waals surface area contributed by atoms with Crippen molar-refractivity contribution in [1.29, 1.82) is 0 Å². The molecule has 2 aliphatic rings. The Hall–Kier alpha value is -2.61. The second-order valence-corrected chi connectivity index (χ2v) is 6.34. The quantitative estimate of drug-likeness (QED) is 0.623. The highest BCUT2D eigenvalue weighted by Crippen LogP contribution is 2.37. The van der Waals surface area contributed by atoms with Gasteiger partial charge in [-0.25, -0.2) is 0 Å². The zero-order valence-electron chi connectivity index (χ0n) is 12.8. The Balaban J connectivity index is 1.86. The summed E-state index contributed by atoms with van der Waals surface area (Å²) in [5.41, 5.74) is 6.29. The van der Waals surface area contributed by atoms with Crippen LogP contribution in [-0.2, 0) is 25.7 Å². The van der Waals surface area contributed by atoms with Crippen molar-refractivity contribution in [1.82, 2.24) is 0 Å². The Kier molecular flexibility index (Phi) is 2.63. The molecule has 3 aromatic rings. The number of hydrogen-bond donors (Lipinski definition) is 0. The van der Waals surface area contributed by atoms with Gasteiger partial charge < -0.3 is 4.42 Å². The molecular weight excluding hydrogens is 284 g/mol. The standard InChI is InChI=1S/C21H16O2/c22-21-19-15-7-3-1-5-13(15)9-11-17(19)23-18-12-10-14-6-2-4-8-16(14)20(18)21/h1-8H,9-12H2. The molecule has 0 atom stereocenters. The Morgan fingerprint density at radius 2 is 1.13 bits per heavy atom. The van der Waals surface area contributed by atoms with Crippen LogP contribution in [0, 0.1) is 0 Å². The maximum atomic E-state index is 13.3. The summed E-state index contributed by atoms with van der Waals surface area (Å²) in [6.45, 7) is 0. The Labute approximate surface area is 134 Å². The molecule has 1 heterocycles. The Morgan fingerprint density at radius 3 is 1.65 bits per heavy atom. The largest absolute Gasteiger partial charge is 0.464 e. The van der Waals surface area contributed by atoms with Crippen LogP contribution in [0.4, 0.5) is 0 Å². The zero-order valence-corrected chi connectivity index (χ0v) is 12.8. The van der Waals surface area contributed by atoms with Crippen LogP contribution >= 0.6 is 0 Å². The van der Waals surface area contributed by atoms with Crippen LogP contribution in [0.2, 0.25) is 0 Å². The van der Waals surface area contributed by atoms with Gasteiger partial charge >= 0.3 is 0 Å². The minimum absolute atomic E-state index is 0.139. The molecule has 0 saturated heterocycles.